The van der Waals surface area contributed by atoms with E-state index in [9.17, 15) is 13.0 Å². The Morgan fingerprint density at radius 2 is 1.82 bits per heavy atom. The second-order valence-corrected chi connectivity index (χ2v) is 8.03. The van der Waals surface area contributed by atoms with Crippen molar-refractivity contribution in [2.24, 2.45) is 0 Å². The van der Waals surface area contributed by atoms with E-state index < -0.39 is 28.7 Å². The molecule has 0 radical (unpaired) electrons. The average Bonchev–Trinajstić information content (AvgIpc) is 2.13. The van der Waals surface area contributed by atoms with Crippen LogP contribution in [-0.4, -0.2) is 26.3 Å². The quantitative estimate of drug-likeness (QED) is 0.681. The lowest BCUT2D eigenvalue weighted by Crippen LogP contribution is -2.09. The maximum atomic E-state index is 11.7. The lowest BCUT2D eigenvalue weighted by molar-refractivity contribution is 0.348. The molecule has 0 fully saturated rings. The molecule has 1 rings (SSSR count). The lowest BCUT2D eigenvalue weighted by atomic mass is 10.4. The molecular weight excluding hydrogens is 310 g/mol. The van der Waals surface area contributed by atoms with Gasteiger partial charge < -0.3 is 4.89 Å². The molecule has 1 aromatic rings. The zero-order valence-corrected chi connectivity index (χ0v) is 11.9. The van der Waals surface area contributed by atoms with Crippen LogP contribution in [0.3, 0.4) is 0 Å². The van der Waals surface area contributed by atoms with Crippen molar-refractivity contribution in [2.45, 2.75) is 4.90 Å². The van der Waals surface area contributed by atoms with E-state index in [4.69, 9.17) is 28.1 Å². The van der Waals surface area contributed by atoms with Gasteiger partial charge in [0.15, 0.2) is 0 Å². The predicted octanol–water partition coefficient (Wildman–Crippen LogP) is 2.56. The van der Waals surface area contributed by atoms with Crippen LogP contribution in [0.1, 0.15) is 0 Å². The van der Waals surface area contributed by atoms with Crippen molar-refractivity contribution in [3.8, 4) is 0 Å². The van der Waals surface area contributed by atoms with E-state index in [0.717, 1.165) is 6.66 Å². The fourth-order valence-corrected chi connectivity index (χ4v) is 3.98. The van der Waals surface area contributed by atoms with Crippen LogP contribution in [0.25, 0.3) is 0 Å². The van der Waals surface area contributed by atoms with E-state index in [1.807, 2.05) is 0 Å². The van der Waals surface area contributed by atoms with Gasteiger partial charge in [0.1, 0.15) is 11.2 Å². The summed E-state index contributed by atoms with van der Waals surface area (Å²) in [7, 11) is -7.85. The van der Waals surface area contributed by atoms with Crippen molar-refractivity contribution >= 4 is 40.7 Å². The molecule has 1 atom stereocenters. The summed E-state index contributed by atoms with van der Waals surface area (Å²) < 4.78 is 38.8. The molecule has 0 aromatic heterocycles. The maximum absolute atomic E-state index is 11.7. The molecule has 0 bridgehead atoms. The Labute approximate surface area is 109 Å². The first-order valence-corrected chi connectivity index (χ1v) is 8.72. The summed E-state index contributed by atoms with van der Waals surface area (Å²) in [5, 5.41) is -0.220. The second kappa shape index (κ2) is 5.26. The summed E-state index contributed by atoms with van der Waals surface area (Å²) in [4.78, 5) is 8.56. The number of benzene rings is 1. The topological polar surface area (TPSA) is 80.7 Å². The van der Waals surface area contributed by atoms with E-state index in [1.165, 1.54) is 18.2 Å². The zero-order chi connectivity index (χ0) is 13.3. The van der Waals surface area contributed by atoms with Crippen molar-refractivity contribution < 1.29 is 22.1 Å². The van der Waals surface area contributed by atoms with Crippen molar-refractivity contribution in [3.05, 3.63) is 28.2 Å². The average molecular weight is 319 g/mol. The van der Waals surface area contributed by atoms with Gasteiger partial charge in [-0.3, -0.25) is 8.75 Å². The third-order valence-corrected chi connectivity index (χ3v) is 4.62. The molecular formula is C8H9Cl2O5PS. The van der Waals surface area contributed by atoms with Gasteiger partial charge in [-0.2, -0.15) is 8.42 Å². The Bertz CT molecular complexity index is 545. The molecule has 5 nitrogen and oxygen atoms in total. The molecule has 0 spiro atoms. The first-order chi connectivity index (χ1) is 7.63. The Hall–Kier alpha value is -0.100. The van der Waals surface area contributed by atoms with E-state index >= 15 is 0 Å². The number of hydrogen-bond donors (Lipinski definition) is 1. The molecule has 17 heavy (non-hydrogen) atoms. The van der Waals surface area contributed by atoms with Gasteiger partial charge in [0.25, 0.3) is 10.1 Å². The first-order valence-electron chi connectivity index (χ1n) is 4.26. The van der Waals surface area contributed by atoms with Crippen molar-refractivity contribution in [1.29, 1.82) is 0 Å². The van der Waals surface area contributed by atoms with Gasteiger partial charge in [0.05, 0.1) is 10.0 Å². The standard InChI is InChI=1S/C8H9Cl2O5PS/c1-16(11,12)5-15-17(13,14)8-6(9)3-2-4-7(8)10/h2-4H,5H2,1H3,(H,11,12). The summed E-state index contributed by atoms with van der Waals surface area (Å²) in [6, 6.07) is 4.13. The highest BCUT2D eigenvalue weighted by molar-refractivity contribution is 7.87. The first kappa shape index (κ1) is 15.0. The number of rotatable bonds is 4. The highest BCUT2D eigenvalue weighted by atomic mass is 35.5. The van der Waals surface area contributed by atoms with Gasteiger partial charge >= 0.3 is 0 Å². The van der Waals surface area contributed by atoms with Gasteiger partial charge in [0, 0.05) is 6.66 Å². The third-order valence-electron chi connectivity index (χ3n) is 1.62. The van der Waals surface area contributed by atoms with Crippen LogP contribution in [0.4, 0.5) is 0 Å². The largest absolute Gasteiger partial charge is 0.343 e. The molecule has 1 aromatic carbocycles. The molecule has 0 saturated carbocycles. The van der Waals surface area contributed by atoms with Crippen molar-refractivity contribution in [1.82, 2.24) is 0 Å². The minimum Gasteiger partial charge on any atom is -0.343 e. The smallest absolute Gasteiger partial charge is 0.300 e. The molecule has 0 heterocycles. The van der Waals surface area contributed by atoms with Gasteiger partial charge in [-0.1, -0.05) is 29.3 Å². The summed E-state index contributed by atoms with van der Waals surface area (Å²) in [6.45, 7) is 0.983. The summed E-state index contributed by atoms with van der Waals surface area (Å²) in [6.07, 6.45) is -0.823. The van der Waals surface area contributed by atoms with Gasteiger partial charge in [-0.05, 0) is 12.1 Å². The van der Waals surface area contributed by atoms with E-state index in [-0.39, 0.29) is 10.0 Å². The second-order valence-electron chi connectivity index (χ2n) is 3.30. The van der Waals surface area contributed by atoms with E-state index in [0.29, 0.717) is 0 Å². The summed E-state index contributed by atoms with van der Waals surface area (Å²) >= 11 is 11.4. The molecule has 0 aliphatic carbocycles. The monoisotopic (exact) mass is 318 g/mol. The molecule has 0 saturated heterocycles. The molecule has 1 N–H and O–H groups in total. The normalized spacial score (nSPS) is 15.5. The SMILES string of the molecule is CP(=O)(O)COS(=O)(=O)c1c(Cl)cccc1Cl. The highest BCUT2D eigenvalue weighted by Crippen LogP contribution is 2.37. The van der Waals surface area contributed by atoms with Gasteiger partial charge in [-0.25, -0.2) is 0 Å². The third kappa shape index (κ3) is 4.25. The van der Waals surface area contributed by atoms with Crippen molar-refractivity contribution in [3.63, 3.8) is 0 Å². The fourth-order valence-electron chi connectivity index (χ4n) is 0.947. The van der Waals surface area contributed by atoms with Crippen LogP contribution in [0.2, 0.25) is 10.0 Å². The fraction of sp³-hybridized carbons (Fsp3) is 0.250. The van der Waals surface area contributed by atoms with Crippen LogP contribution in [-0.2, 0) is 18.9 Å². The predicted molar refractivity (Wildman–Crippen MR) is 65.3 cm³/mol. The van der Waals surface area contributed by atoms with Gasteiger partial charge in [0.2, 0.25) is 7.37 Å². The molecule has 0 aliphatic heterocycles. The zero-order valence-electron chi connectivity index (χ0n) is 8.63. The highest BCUT2D eigenvalue weighted by Gasteiger charge is 2.25. The Balaban J connectivity index is 3.11. The maximum Gasteiger partial charge on any atom is 0.300 e. The Morgan fingerprint density at radius 1 is 1.35 bits per heavy atom. The van der Waals surface area contributed by atoms with Crippen LogP contribution in [0.5, 0.6) is 0 Å². The van der Waals surface area contributed by atoms with Crippen LogP contribution in [0, 0.1) is 0 Å². The molecule has 0 amide bonds. The molecule has 1 unspecified atom stereocenters. The number of hydrogen-bond acceptors (Lipinski definition) is 4. The minimum absolute atomic E-state index is 0.110. The van der Waals surface area contributed by atoms with Crippen molar-refractivity contribution in [2.75, 3.05) is 13.0 Å². The summed E-state index contributed by atoms with van der Waals surface area (Å²) in [5.41, 5.74) is 0. The summed E-state index contributed by atoms with van der Waals surface area (Å²) in [5.74, 6) is 0. The Kier molecular flexibility index (Phi) is 4.63. The lowest BCUT2D eigenvalue weighted by Gasteiger charge is -2.10. The Morgan fingerprint density at radius 3 is 2.24 bits per heavy atom. The molecule has 96 valence electrons. The van der Waals surface area contributed by atoms with Crippen LogP contribution >= 0.6 is 30.6 Å². The van der Waals surface area contributed by atoms with Gasteiger partial charge in [-0.15, -0.1) is 0 Å². The van der Waals surface area contributed by atoms with E-state index in [2.05, 4.69) is 4.18 Å². The molecule has 0 aliphatic rings. The molecule has 9 heteroatoms. The van der Waals surface area contributed by atoms with Crippen LogP contribution < -0.4 is 0 Å². The van der Waals surface area contributed by atoms with E-state index in [1.54, 1.807) is 0 Å². The minimum atomic E-state index is -4.25. The van der Waals surface area contributed by atoms with Crippen LogP contribution in [0.15, 0.2) is 23.1 Å². The number of halogens is 2.